The summed E-state index contributed by atoms with van der Waals surface area (Å²) in [5.74, 6) is 0. The van der Waals surface area contributed by atoms with Crippen molar-refractivity contribution >= 4 is 5.71 Å². The molecule has 0 aromatic rings. The highest BCUT2D eigenvalue weighted by molar-refractivity contribution is 5.93. The number of hydrogen-bond donors (Lipinski definition) is 1. The fraction of sp³-hybridized carbons (Fsp3) is 0.625. The van der Waals surface area contributed by atoms with Gasteiger partial charge >= 0.3 is 0 Å². The molecule has 1 N–H and O–H groups in total. The van der Waals surface area contributed by atoms with E-state index >= 15 is 0 Å². The van der Waals surface area contributed by atoms with Gasteiger partial charge in [-0.3, -0.25) is 4.99 Å². The lowest BCUT2D eigenvalue weighted by Gasteiger charge is -1.97. The SMILES string of the molecule is CCN=C(C)C=C(C)NC. The Labute approximate surface area is 63.0 Å². The van der Waals surface area contributed by atoms with Crippen LogP contribution in [0.1, 0.15) is 20.8 Å². The third-order valence-electron chi connectivity index (χ3n) is 1.23. The van der Waals surface area contributed by atoms with Gasteiger partial charge in [-0.25, -0.2) is 0 Å². The van der Waals surface area contributed by atoms with Crippen LogP contribution in [0.25, 0.3) is 0 Å². The summed E-state index contributed by atoms with van der Waals surface area (Å²) in [7, 11) is 1.91. The molecule has 0 amide bonds. The maximum atomic E-state index is 4.21. The second kappa shape index (κ2) is 5.03. The van der Waals surface area contributed by atoms with Crippen LogP contribution in [0.3, 0.4) is 0 Å². The molecule has 0 saturated carbocycles. The van der Waals surface area contributed by atoms with Crippen molar-refractivity contribution in [3.63, 3.8) is 0 Å². The summed E-state index contributed by atoms with van der Waals surface area (Å²) in [6, 6.07) is 0. The minimum absolute atomic E-state index is 0.860. The van der Waals surface area contributed by atoms with Crippen molar-refractivity contribution in [2.75, 3.05) is 13.6 Å². The quantitative estimate of drug-likeness (QED) is 0.591. The van der Waals surface area contributed by atoms with Gasteiger partial charge < -0.3 is 5.32 Å². The fourth-order valence-corrected chi connectivity index (χ4v) is 0.681. The number of hydrogen-bond acceptors (Lipinski definition) is 2. The van der Waals surface area contributed by atoms with Crippen LogP contribution in [0.5, 0.6) is 0 Å². The van der Waals surface area contributed by atoms with Crippen molar-refractivity contribution in [2.45, 2.75) is 20.8 Å². The minimum atomic E-state index is 0.860. The van der Waals surface area contributed by atoms with Crippen LogP contribution in [0.2, 0.25) is 0 Å². The normalized spacial score (nSPS) is 13.6. The van der Waals surface area contributed by atoms with Crippen molar-refractivity contribution in [1.29, 1.82) is 0 Å². The maximum Gasteiger partial charge on any atom is 0.0364 e. The van der Waals surface area contributed by atoms with Crippen molar-refractivity contribution in [3.05, 3.63) is 11.8 Å². The van der Waals surface area contributed by atoms with Crippen LogP contribution in [0, 0.1) is 0 Å². The maximum absolute atomic E-state index is 4.21. The Hall–Kier alpha value is -0.790. The minimum Gasteiger partial charge on any atom is -0.392 e. The predicted molar refractivity (Wildman–Crippen MR) is 46.5 cm³/mol. The Balaban J connectivity index is 3.98. The lowest BCUT2D eigenvalue weighted by Crippen LogP contribution is -2.03. The van der Waals surface area contributed by atoms with Gasteiger partial charge in [0.05, 0.1) is 0 Å². The van der Waals surface area contributed by atoms with Crippen LogP contribution in [-0.2, 0) is 0 Å². The first kappa shape index (κ1) is 9.21. The molecule has 0 saturated heterocycles. The van der Waals surface area contributed by atoms with E-state index < -0.39 is 0 Å². The van der Waals surface area contributed by atoms with Gasteiger partial charge in [-0.05, 0) is 26.8 Å². The van der Waals surface area contributed by atoms with Crippen molar-refractivity contribution < 1.29 is 0 Å². The zero-order valence-corrected chi connectivity index (χ0v) is 7.23. The topological polar surface area (TPSA) is 24.4 Å². The van der Waals surface area contributed by atoms with E-state index in [0.717, 1.165) is 18.0 Å². The molecule has 0 aliphatic carbocycles. The number of rotatable bonds is 3. The van der Waals surface area contributed by atoms with Crippen LogP contribution in [0.4, 0.5) is 0 Å². The Morgan fingerprint density at radius 2 is 2.10 bits per heavy atom. The third-order valence-corrected chi connectivity index (χ3v) is 1.23. The lowest BCUT2D eigenvalue weighted by atomic mass is 10.3. The van der Waals surface area contributed by atoms with E-state index in [0.29, 0.717) is 0 Å². The third kappa shape index (κ3) is 4.13. The van der Waals surface area contributed by atoms with E-state index in [9.17, 15) is 0 Å². The van der Waals surface area contributed by atoms with Gasteiger partial charge in [0.15, 0.2) is 0 Å². The highest BCUT2D eigenvalue weighted by Gasteiger charge is 1.84. The molecule has 0 bridgehead atoms. The van der Waals surface area contributed by atoms with Crippen LogP contribution >= 0.6 is 0 Å². The van der Waals surface area contributed by atoms with Gasteiger partial charge in [-0.2, -0.15) is 0 Å². The Morgan fingerprint density at radius 1 is 1.50 bits per heavy atom. The smallest absolute Gasteiger partial charge is 0.0364 e. The molecule has 0 unspecified atom stereocenters. The average molecular weight is 140 g/mol. The van der Waals surface area contributed by atoms with Gasteiger partial charge in [0.1, 0.15) is 0 Å². The van der Waals surface area contributed by atoms with E-state index in [1.165, 1.54) is 0 Å². The molecule has 0 aromatic heterocycles. The summed E-state index contributed by atoms with van der Waals surface area (Å²) in [5.41, 5.74) is 2.23. The number of aliphatic imine (C=N–C) groups is 1. The lowest BCUT2D eigenvalue weighted by molar-refractivity contribution is 0.991. The summed E-state index contributed by atoms with van der Waals surface area (Å²) in [5, 5.41) is 3.03. The second-order valence-electron chi connectivity index (χ2n) is 2.19. The predicted octanol–water partition coefficient (Wildman–Crippen LogP) is 1.59. The molecule has 2 heteroatoms. The first-order valence-corrected chi connectivity index (χ1v) is 3.57. The number of nitrogens with zero attached hydrogens (tertiary/aromatic N) is 1. The number of allylic oxidation sites excluding steroid dienone is 2. The van der Waals surface area contributed by atoms with Gasteiger partial charge in [0, 0.05) is 25.0 Å². The summed E-state index contributed by atoms with van der Waals surface area (Å²) in [6.45, 7) is 6.92. The summed E-state index contributed by atoms with van der Waals surface area (Å²) < 4.78 is 0. The van der Waals surface area contributed by atoms with E-state index in [4.69, 9.17) is 0 Å². The first-order valence-electron chi connectivity index (χ1n) is 3.57. The largest absolute Gasteiger partial charge is 0.392 e. The van der Waals surface area contributed by atoms with E-state index in [1.807, 2.05) is 33.9 Å². The van der Waals surface area contributed by atoms with Crippen molar-refractivity contribution in [1.82, 2.24) is 5.32 Å². The zero-order valence-electron chi connectivity index (χ0n) is 7.23. The second-order valence-corrected chi connectivity index (χ2v) is 2.19. The molecule has 0 aromatic carbocycles. The van der Waals surface area contributed by atoms with Crippen molar-refractivity contribution in [3.8, 4) is 0 Å². The molecule has 0 rings (SSSR count). The highest BCUT2D eigenvalue weighted by Crippen LogP contribution is 1.87. The molecule has 0 spiro atoms. The summed E-state index contributed by atoms with van der Waals surface area (Å²) >= 11 is 0. The summed E-state index contributed by atoms with van der Waals surface area (Å²) in [4.78, 5) is 4.21. The van der Waals surface area contributed by atoms with Gasteiger partial charge in [0.2, 0.25) is 0 Å². The molecule has 0 heterocycles. The Bertz CT molecular complexity index is 145. The molecule has 0 fully saturated rings. The molecule has 10 heavy (non-hydrogen) atoms. The molecule has 0 atom stereocenters. The van der Waals surface area contributed by atoms with Crippen molar-refractivity contribution in [2.24, 2.45) is 4.99 Å². The van der Waals surface area contributed by atoms with E-state index in [2.05, 4.69) is 10.3 Å². The first-order chi connectivity index (χ1) is 4.70. The molecular formula is C8H16N2. The molecular weight excluding hydrogens is 124 g/mol. The molecule has 0 aliphatic rings. The summed E-state index contributed by atoms with van der Waals surface area (Å²) in [6.07, 6.45) is 2.03. The number of nitrogens with one attached hydrogen (secondary N) is 1. The standard InChI is InChI=1S/C8H16N2/c1-5-10-8(3)6-7(2)9-4/h6,9H,5H2,1-4H3. The van der Waals surface area contributed by atoms with E-state index in [-0.39, 0.29) is 0 Å². The highest BCUT2D eigenvalue weighted by atomic mass is 14.8. The van der Waals surface area contributed by atoms with Gasteiger partial charge in [-0.1, -0.05) is 0 Å². The van der Waals surface area contributed by atoms with Crippen LogP contribution < -0.4 is 5.32 Å². The van der Waals surface area contributed by atoms with Gasteiger partial charge in [-0.15, -0.1) is 0 Å². The van der Waals surface area contributed by atoms with E-state index in [1.54, 1.807) is 0 Å². The monoisotopic (exact) mass is 140 g/mol. The van der Waals surface area contributed by atoms with Crippen LogP contribution in [0.15, 0.2) is 16.8 Å². The average Bonchev–Trinajstić information content (AvgIpc) is 1.88. The Morgan fingerprint density at radius 3 is 2.50 bits per heavy atom. The zero-order chi connectivity index (χ0) is 7.98. The molecule has 2 nitrogen and oxygen atoms in total. The van der Waals surface area contributed by atoms with Crippen LogP contribution in [-0.4, -0.2) is 19.3 Å². The fourth-order valence-electron chi connectivity index (χ4n) is 0.681. The van der Waals surface area contributed by atoms with Gasteiger partial charge in [0.25, 0.3) is 0 Å². The molecule has 0 radical (unpaired) electrons. The molecule has 58 valence electrons. The molecule has 0 aliphatic heterocycles. The Kier molecular flexibility index (Phi) is 4.63.